The van der Waals surface area contributed by atoms with Gasteiger partial charge in [-0.15, -0.1) is 0 Å². The van der Waals surface area contributed by atoms with E-state index in [9.17, 15) is 9.18 Å². The lowest BCUT2D eigenvalue weighted by atomic mass is 10.2. The second kappa shape index (κ2) is 8.06. The van der Waals surface area contributed by atoms with Crippen molar-refractivity contribution in [2.45, 2.75) is 32.2 Å². The molecule has 100 valence electrons. The number of rotatable bonds is 8. The first kappa shape index (κ1) is 14.9. The van der Waals surface area contributed by atoms with Crippen molar-refractivity contribution >= 4 is 17.6 Å². The molecule has 0 aromatic heterocycles. The molecular weight excluding hydrogens is 257 g/mol. The smallest absolute Gasteiger partial charge is 0.303 e. The molecule has 3 nitrogen and oxygen atoms in total. The molecule has 0 aliphatic carbocycles. The Morgan fingerprint density at radius 2 is 2.11 bits per heavy atom. The highest BCUT2D eigenvalue weighted by Gasteiger charge is 2.05. The van der Waals surface area contributed by atoms with Crippen molar-refractivity contribution in [2.75, 3.05) is 6.54 Å². The van der Waals surface area contributed by atoms with Gasteiger partial charge in [0.05, 0.1) is 0 Å². The number of aliphatic carboxylic acids is 1. The van der Waals surface area contributed by atoms with Gasteiger partial charge in [-0.1, -0.05) is 24.1 Å². The van der Waals surface area contributed by atoms with Gasteiger partial charge in [-0.05, 0) is 31.5 Å². The van der Waals surface area contributed by atoms with Gasteiger partial charge in [0.2, 0.25) is 0 Å². The molecule has 0 unspecified atom stereocenters. The molecule has 0 spiro atoms. The van der Waals surface area contributed by atoms with E-state index in [4.69, 9.17) is 16.7 Å². The Labute approximate surface area is 111 Å². The van der Waals surface area contributed by atoms with E-state index in [1.807, 2.05) is 0 Å². The number of carbonyl (C=O) groups is 1. The minimum Gasteiger partial charge on any atom is -0.481 e. The fraction of sp³-hybridized carbons (Fsp3) is 0.462. The molecule has 18 heavy (non-hydrogen) atoms. The average molecular weight is 274 g/mol. The molecule has 1 aromatic carbocycles. The number of benzene rings is 1. The Morgan fingerprint density at radius 1 is 1.33 bits per heavy atom. The number of carboxylic acids is 1. The van der Waals surface area contributed by atoms with E-state index in [0.717, 1.165) is 19.4 Å². The van der Waals surface area contributed by atoms with Crippen molar-refractivity contribution in [3.63, 3.8) is 0 Å². The van der Waals surface area contributed by atoms with E-state index in [2.05, 4.69) is 5.32 Å². The summed E-state index contributed by atoms with van der Waals surface area (Å²) in [5, 5.41) is 12.0. The number of carboxylic acid groups (broad SMARTS) is 1. The van der Waals surface area contributed by atoms with E-state index in [0.29, 0.717) is 23.6 Å². The SMILES string of the molecule is O=C(O)CCCCCNCc1c(F)cccc1Cl. The maximum atomic E-state index is 13.4. The van der Waals surface area contributed by atoms with Crippen LogP contribution in [0.25, 0.3) is 0 Å². The van der Waals surface area contributed by atoms with Crippen LogP contribution in [0.1, 0.15) is 31.2 Å². The number of unbranched alkanes of at least 4 members (excludes halogenated alkanes) is 2. The normalized spacial score (nSPS) is 10.6. The van der Waals surface area contributed by atoms with Crippen molar-refractivity contribution < 1.29 is 14.3 Å². The molecule has 2 N–H and O–H groups in total. The molecular formula is C13H17ClFNO2. The van der Waals surface area contributed by atoms with Gasteiger partial charge in [0, 0.05) is 23.6 Å². The van der Waals surface area contributed by atoms with Crippen molar-refractivity contribution in [3.8, 4) is 0 Å². The van der Waals surface area contributed by atoms with E-state index in [1.54, 1.807) is 12.1 Å². The third kappa shape index (κ3) is 5.47. The van der Waals surface area contributed by atoms with Crippen LogP contribution < -0.4 is 5.32 Å². The fourth-order valence-corrected chi connectivity index (χ4v) is 1.85. The molecule has 0 aliphatic rings. The van der Waals surface area contributed by atoms with Gasteiger partial charge in [0.15, 0.2) is 0 Å². The first-order valence-electron chi connectivity index (χ1n) is 5.96. The summed E-state index contributed by atoms with van der Waals surface area (Å²) in [7, 11) is 0. The third-order valence-corrected chi connectivity index (χ3v) is 2.96. The van der Waals surface area contributed by atoms with Gasteiger partial charge in [-0.25, -0.2) is 4.39 Å². The van der Waals surface area contributed by atoms with Crippen LogP contribution in [0.3, 0.4) is 0 Å². The highest BCUT2D eigenvalue weighted by atomic mass is 35.5. The summed E-state index contributed by atoms with van der Waals surface area (Å²) < 4.78 is 13.4. The predicted octanol–water partition coefficient (Wildman–Crippen LogP) is 3.21. The number of hydrogen-bond acceptors (Lipinski definition) is 2. The summed E-state index contributed by atoms with van der Waals surface area (Å²) in [5.74, 6) is -1.07. The summed E-state index contributed by atoms with van der Waals surface area (Å²) in [6, 6.07) is 4.62. The predicted molar refractivity (Wildman–Crippen MR) is 69.2 cm³/mol. The fourth-order valence-electron chi connectivity index (χ4n) is 1.62. The highest BCUT2D eigenvalue weighted by Crippen LogP contribution is 2.18. The standard InChI is InChI=1S/C13H17ClFNO2/c14-11-5-4-6-12(15)10(11)9-16-8-3-1-2-7-13(17)18/h4-6,16H,1-3,7-9H2,(H,17,18). The van der Waals surface area contributed by atoms with Gasteiger partial charge in [0.25, 0.3) is 0 Å². The topological polar surface area (TPSA) is 49.3 Å². The number of halogens is 2. The van der Waals surface area contributed by atoms with Gasteiger partial charge < -0.3 is 10.4 Å². The third-order valence-electron chi connectivity index (χ3n) is 2.61. The second-order valence-corrected chi connectivity index (χ2v) is 4.49. The van der Waals surface area contributed by atoms with Crippen LogP contribution in [0.15, 0.2) is 18.2 Å². The molecule has 0 radical (unpaired) electrons. The molecule has 0 bridgehead atoms. The average Bonchev–Trinajstić information content (AvgIpc) is 2.30. The lowest BCUT2D eigenvalue weighted by molar-refractivity contribution is -0.137. The van der Waals surface area contributed by atoms with Crippen LogP contribution in [0.5, 0.6) is 0 Å². The lowest BCUT2D eigenvalue weighted by Gasteiger charge is -2.07. The van der Waals surface area contributed by atoms with E-state index in [-0.39, 0.29) is 12.2 Å². The highest BCUT2D eigenvalue weighted by molar-refractivity contribution is 6.31. The molecule has 0 amide bonds. The molecule has 1 aromatic rings. The maximum absolute atomic E-state index is 13.4. The molecule has 0 heterocycles. The van der Waals surface area contributed by atoms with Crippen LogP contribution in [-0.2, 0) is 11.3 Å². The lowest BCUT2D eigenvalue weighted by Crippen LogP contribution is -2.16. The first-order valence-corrected chi connectivity index (χ1v) is 6.34. The Morgan fingerprint density at radius 3 is 2.78 bits per heavy atom. The van der Waals surface area contributed by atoms with Gasteiger partial charge in [-0.3, -0.25) is 4.79 Å². The van der Waals surface area contributed by atoms with Crippen molar-refractivity contribution in [3.05, 3.63) is 34.6 Å². The second-order valence-electron chi connectivity index (χ2n) is 4.08. The van der Waals surface area contributed by atoms with Crippen molar-refractivity contribution in [2.24, 2.45) is 0 Å². The first-order chi connectivity index (χ1) is 8.61. The Hall–Kier alpha value is -1.13. The minimum atomic E-state index is -0.763. The summed E-state index contributed by atoms with van der Waals surface area (Å²) in [5.41, 5.74) is 0.477. The zero-order valence-corrected chi connectivity index (χ0v) is 10.8. The van der Waals surface area contributed by atoms with Crippen LogP contribution in [0.2, 0.25) is 5.02 Å². The van der Waals surface area contributed by atoms with Gasteiger partial charge >= 0.3 is 5.97 Å². The molecule has 0 aliphatic heterocycles. The van der Waals surface area contributed by atoms with E-state index in [1.165, 1.54) is 6.07 Å². The summed E-state index contributed by atoms with van der Waals surface area (Å²) in [4.78, 5) is 10.3. The Bertz CT molecular complexity index is 378. The molecule has 0 saturated heterocycles. The van der Waals surface area contributed by atoms with Crippen molar-refractivity contribution in [1.82, 2.24) is 5.32 Å². The van der Waals surface area contributed by atoms with Crippen LogP contribution in [-0.4, -0.2) is 17.6 Å². The Kier molecular flexibility index (Phi) is 6.68. The van der Waals surface area contributed by atoms with Crippen molar-refractivity contribution in [1.29, 1.82) is 0 Å². The largest absolute Gasteiger partial charge is 0.481 e. The van der Waals surface area contributed by atoms with Crippen LogP contribution in [0, 0.1) is 5.82 Å². The molecule has 5 heteroatoms. The summed E-state index contributed by atoms with van der Waals surface area (Å²) in [6.07, 6.45) is 2.61. The molecule has 0 fully saturated rings. The van der Waals surface area contributed by atoms with Gasteiger partial charge in [0.1, 0.15) is 5.82 Å². The maximum Gasteiger partial charge on any atom is 0.303 e. The van der Waals surface area contributed by atoms with Crippen LogP contribution >= 0.6 is 11.6 Å². The zero-order chi connectivity index (χ0) is 13.4. The molecule has 0 saturated carbocycles. The quantitative estimate of drug-likeness (QED) is 0.715. The monoisotopic (exact) mass is 273 g/mol. The van der Waals surface area contributed by atoms with E-state index < -0.39 is 5.97 Å². The number of hydrogen-bond donors (Lipinski definition) is 2. The summed E-state index contributed by atoms with van der Waals surface area (Å²) in [6.45, 7) is 1.12. The van der Waals surface area contributed by atoms with Crippen LogP contribution in [0.4, 0.5) is 4.39 Å². The molecule has 1 rings (SSSR count). The number of nitrogens with one attached hydrogen (secondary N) is 1. The minimum absolute atomic E-state index is 0.207. The molecule has 0 atom stereocenters. The summed E-state index contributed by atoms with van der Waals surface area (Å²) >= 11 is 5.88. The Balaban J connectivity index is 2.16. The van der Waals surface area contributed by atoms with E-state index >= 15 is 0 Å². The zero-order valence-electron chi connectivity index (χ0n) is 10.1. The van der Waals surface area contributed by atoms with Gasteiger partial charge in [-0.2, -0.15) is 0 Å².